The third-order valence-electron chi connectivity index (χ3n) is 6.39. The second kappa shape index (κ2) is 5.43. The maximum atomic E-state index is 13.7. The van der Waals surface area contributed by atoms with Gasteiger partial charge in [-0.25, -0.2) is 0 Å². The van der Waals surface area contributed by atoms with E-state index in [4.69, 9.17) is 11.6 Å². The van der Waals surface area contributed by atoms with E-state index in [1.807, 2.05) is 18.2 Å². The number of carbonyl (C=O) groups is 3. The number of fused-ring (bicyclic) bond motifs is 7. The van der Waals surface area contributed by atoms with Crippen LogP contribution in [0.4, 0.5) is 0 Å². The number of hydrogen-bond donors (Lipinski definition) is 1. The number of Topliss-reactive ketones (excluding diaryl/α,β-unsaturated/α-hetero) is 2. The van der Waals surface area contributed by atoms with Crippen LogP contribution >= 0.6 is 11.6 Å². The summed E-state index contributed by atoms with van der Waals surface area (Å²) in [5, 5.41) is 3.54. The lowest BCUT2D eigenvalue weighted by molar-refractivity contribution is -0.126. The summed E-state index contributed by atoms with van der Waals surface area (Å²) in [5.74, 6) is -1.58. The fourth-order valence-corrected chi connectivity index (χ4v) is 5.41. The predicted octanol–water partition coefficient (Wildman–Crippen LogP) is 3.60. The number of allylic oxidation sites excluding steroid dienone is 5. The Kier molecular flexibility index (Phi) is 3.12. The molecule has 3 aliphatic carbocycles. The minimum atomic E-state index is -1.16. The van der Waals surface area contributed by atoms with Crippen molar-refractivity contribution in [1.82, 2.24) is 5.32 Å². The van der Waals surface area contributed by atoms with Crippen LogP contribution in [0.5, 0.6) is 0 Å². The van der Waals surface area contributed by atoms with Crippen LogP contribution in [0, 0.1) is 11.8 Å². The van der Waals surface area contributed by atoms with Gasteiger partial charge in [-0.15, -0.1) is 0 Å². The Morgan fingerprint density at radius 3 is 2.31 bits per heavy atom. The summed E-state index contributed by atoms with van der Waals surface area (Å²) in [4.78, 5) is 40.1. The summed E-state index contributed by atoms with van der Waals surface area (Å²) < 4.78 is 0. The SMILES string of the molecule is O=C1NC2(C3=C(C(=O)C4C=CC=CC4C3=O)c3cc(Cl)ccc32)c2ccccc21. The van der Waals surface area contributed by atoms with E-state index in [0.29, 0.717) is 32.9 Å². The molecule has 0 saturated heterocycles. The smallest absolute Gasteiger partial charge is 0.252 e. The zero-order valence-electron chi connectivity index (χ0n) is 15.1. The average molecular weight is 400 g/mol. The lowest BCUT2D eigenvalue weighted by atomic mass is 9.68. The number of carbonyl (C=O) groups excluding carboxylic acids is 3. The van der Waals surface area contributed by atoms with Crippen LogP contribution in [0.1, 0.15) is 27.0 Å². The Bertz CT molecular complexity index is 1270. The van der Waals surface area contributed by atoms with Crippen molar-refractivity contribution >= 4 is 34.6 Å². The molecule has 1 N–H and O–H groups in total. The Morgan fingerprint density at radius 1 is 0.828 bits per heavy atom. The molecule has 0 bridgehead atoms. The van der Waals surface area contributed by atoms with Crippen molar-refractivity contribution in [2.45, 2.75) is 5.54 Å². The van der Waals surface area contributed by atoms with Gasteiger partial charge in [0.2, 0.25) is 0 Å². The number of nitrogens with one attached hydrogen (secondary N) is 1. The maximum Gasteiger partial charge on any atom is 0.252 e. The highest BCUT2D eigenvalue weighted by molar-refractivity contribution is 6.37. The van der Waals surface area contributed by atoms with Crippen LogP contribution < -0.4 is 5.32 Å². The minimum absolute atomic E-state index is 0.107. The van der Waals surface area contributed by atoms with Crippen molar-refractivity contribution in [3.05, 3.63) is 99.6 Å². The lowest BCUT2D eigenvalue weighted by Crippen LogP contribution is -2.47. The number of ketones is 2. The topological polar surface area (TPSA) is 63.2 Å². The Labute approximate surface area is 171 Å². The molecule has 1 aliphatic heterocycles. The molecule has 6 rings (SSSR count). The van der Waals surface area contributed by atoms with Gasteiger partial charge in [0.15, 0.2) is 11.6 Å². The van der Waals surface area contributed by atoms with E-state index in [-0.39, 0.29) is 17.5 Å². The molecular formula is C24H14ClNO3. The zero-order valence-corrected chi connectivity index (χ0v) is 15.9. The standard InChI is InChI=1S/C24H14ClNO3/c25-12-9-10-18-16(11-12)19-20(22(28)14-6-2-1-5-13(14)21(19)27)24(18)17-8-4-3-7-15(17)23(29)26-24/h1-11,13-14H,(H,26,29). The predicted molar refractivity (Wildman–Crippen MR) is 108 cm³/mol. The Hall–Kier alpha value is -3.24. The monoisotopic (exact) mass is 399 g/mol. The number of hydrogen-bond acceptors (Lipinski definition) is 3. The van der Waals surface area contributed by atoms with Crippen molar-refractivity contribution in [3.8, 4) is 0 Å². The van der Waals surface area contributed by atoms with Gasteiger partial charge < -0.3 is 5.32 Å². The van der Waals surface area contributed by atoms with Crippen LogP contribution in [0.2, 0.25) is 5.02 Å². The third-order valence-corrected chi connectivity index (χ3v) is 6.62. The van der Waals surface area contributed by atoms with E-state index < -0.39 is 17.4 Å². The summed E-state index contributed by atoms with van der Waals surface area (Å²) >= 11 is 6.27. The van der Waals surface area contributed by atoms with Gasteiger partial charge >= 0.3 is 0 Å². The molecule has 0 saturated carbocycles. The molecule has 3 unspecified atom stereocenters. The molecule has 0 fully saturated rings. The highest BCUT2D eigenvalue weighted by Gasteiger charge is 2.59. The van der Waals surface area contributed by atoms with Crippen molar-refractivity contribution < 1.29 is 14.4 Å². The Balaban J connectivity index is 1.74. The number of halogens is 1. The van der Waals surface area contributed by atoms with Gasteiger partial charge in [0.1, 0.15) is 5.54 Å². The Morgan fingerprint density at radius 2 is 1.52 bits per heavy atom. The van der Waals surface area contributed by atoms with Gasteiger partial charge in [-0.1, -0.05) is 60.2 Å². The van der Waals surface area contributed by atoms with E-state index >= 15 is 0 Å². The molecule has 4 aliphatic rings. The fraction of sp³-hybridized carbons (Fsp3) is 0.125. The molecule has 1 amide bonds. The van der Waals surface area contributed by atoms with Gasteiger partial charge in [-0.05, 0) is 34.9 Å². The van der Waals surface area contributed by atoms with Crippen molar-refractivity contribution in [2.24, 2.45) is 11.8 Å². The van der Waals surface area contributed by atoms with Crippen molar-refractivity contribution in [2.75, 3.05) is 0 Å². The molecule has 2 aromatic carbocycles. The van der Waals surface area contributed by atoms with Gasteiger partial charge in [0.05, 0.1) is 11.8 Å². The normalized spacial score (nSPS) is 28.4. The molecule has 3 atom stereocenters. The van der Waals surface area contributed by atoms with E-state index in [9.17, 15) is 14.4 Å². The van der Waals surface area contributed by atoms with Gasteiger partial charge in [-0.2, -0.15) is 0 Å². The largest absolute Gasteiger partial charge is 0.334 e. The first kappa shape index (κ1) is 16.7. The summed E-state index contributed by atoms with van der Waals surface area (Å²) in [5.41, 5.74) is 2.15. The second-order valence-corrected chi connectivity index (χ2v) is 8.18. The van der Waals surface area contributed by atoms with Gasteiger partial charge in [-0.3, -0.25) is 14.4 Å². The van der Waals surface area contributed by atoms with E-state index in [0.717, 1.165) is 5.56 Å². The first-order valence-corrected chi connectivity index (χ1v) is 9.82. The summed E-state index contributed by atoms with van der Waals surface area (Å²) in [7, 11) is 0. The summed E-state index contributed by atoms with van der Waals surface area (Å²) in [6, 6.07) is 12.5. The van der Waals surface area contributed by atoms with Crippen molar-refractivity contribution in [1.29, 1.82) is 0 Å². The first-order chi connectivity index (χ1) is 14.0. The molecule has 4 nitrogen and oxygen atoms in total. The van der Waals surface area contributed by atoms with Crippen molar-refractivity contribution in [3.63, 3.8) is 0 Å². The highest BCUT2D eigenvalue weighted by atomic mass is 35.5. The van der Waals surface area contributed by atoms with E-state index in [1.165, 1.54) is 0 Å². The molecular weight excluding hydrogens is 386 g/mol. The van der Waals surface area contributed by atoms with E-state index in [2.05, 4.69) is 5.32 Å². The fourth-order valence-electron chi connectivity index (χ4n) is 5.24. The van der Waals surface area contributed by atoms with Gasteiger partial charge in [0, 0.05) is 21.7 Å². The maximum absolute atomic E-state index is 13.7. The van der Waals surface area contributed by atoms with Crippen LogP contribution in [0.3, 0.4) is 0 Å². The molecule has 2 aromatic rings. The van der Waals surface area contributed by atoms with Crippen LogP contribution in [0.15, 0.2) is 72.3 Å². The summed E-state index contributed by atoms with van der Waals surface area (Å²) in [6.45, 7) is 0. The van der Waals surface area contributed by atoms with Crippen LogP contribution in [-0.4, -0.2) is 17.5 Å². The lowest BCUT2D eigenvalue weighted by Gasteiger charge is -2.35. The molecule has 140 valence electrons. The first-order valence-electron chi connectivity index (χ1n) is 9.44. The quantitative estimate of drug-likeness (QED) is 0.736. The average Bonchev–Trinajstić information content (AvgIpc) is 3.19. The number of rotatable bonds is 0. The highest BCUT2D eigenvalue weighted by Crippen LogP contribution is 2.56. The molecule has 5 heteroatoms. The van der Waals surface area contributed by atoms with Crippen LogP contribution in [-0.2, 0) is 15.1 Å². The molecule has 1 spiro atoms. The zero-order chi connectivity index (χ0) is 19.9. The molecule has 0 aromatic heterocycles. The molecule has 0 radical (unpaired) electrons. The number of benzene rings is 2. The van der Waals surface area contributed by atoms with E-state index in [1.54, 1.807) is 48.6 Å². The molecule has 1 heterocycles. The minimum Gasteiger partial charge on any atom is -0.334 e. The van der Waals surface area contributed by atoms with Gasteiger partial charge in [0.25, 0.3) is 5.91 Å². The van der Waals surface area contributed by atoms with Crippen LogP contribution in [0.25, 0.3) is 5.57 Å². The summed E-state index contributed by atoms with van der Waals surface area (Å²) in [6.07, 6.45) is 7.16. The third kappa shape index (κ3) is 1.87. The second-order valence-electron chi connectivity index (χ2n) is 7.74. The molecule has 29 heavy (non-hydrogen) atoms. The number of amides is 1.